The van der Waals surface area contributed by atoms with Gasteiger partial charge in [-0.1, -0.05) is 18.2 Å². The summed E-state index contributed by atoms with van der Waals surface area (Å²) in [6.07, 6.45) is 3.67. The lowest BCUT2D eigenvalue weighted by Crippen LogP contribution is -2.32. The Labute approximate surface area is 199 Å². The molecule has 2 saturated heterocycles. The molecular formula is C26H35N5O2. The van der Waals surface area contributed by atoms with Crippen LogP contribution in [0.15, 0.2) is 36.4 Å². The summed E-state index contributed by atoms with van der Waals surface area (Å²) in [7, 11) is 0. The van der Waals surface area contributed by atoms with Crippen molar-refractivity contribution in [2.24, 2.45) is 17.8 Å². The van der Waals surface area contributed by atoms with E-state index in [1.807, 2.05) is 37.3 Å². The zero-order chi connectivity index (χ0) is 24.4. The highest BCUT2D eigenvalue weighted by Crippen LogP contribution is 2.39. The number of hydrogen-bond donors (Lipinski definition) is 2. The Kier molecular flexibility index (Phi) is 6.14. The van der Waals surface area contributed by atoms with Crippen LogP contribution in [0.4, 0.5) is 5.82 Å². The van der Waals surface area contributed by atoms with Crippen LogP contribution in [0.1, 0.15) is 45.7 Å². The Bertz CT molecular complexity index is 1010. The second kappa shape index (κ2) is 10.2. The van der Waals surface area contributed by atoms with Gasteiger partial charge in [0.05, 0.1) is 5.69 Å². The number of hydrogen-bond acceptors (Lipinski definition) is 6. The first-order valence-electron chi connectivity index (χ1n) is 13.3. The number of likely N-dealkylation sites (tertiary alicyclic amines) is 1. The molecule has 3 fully saturated rings. The molecule has 1 unspecified atom stereocenters. The van der Waals surface area contributed by atoms with E-state index in [9.17, 15) is 4.79 Å². The van der Waals surface area contributed by atoms with E-state index in [0.29, 0.717) is 48.9 Å². The summed E-state index contributed by atoms with van der Waals surface area (Å²) in [6.45, 7) is 4.23. The Morgan fingerprint density at radius 3 is 2.58 bits per heavy atom. The van der Waals surface area contributed by atoms with E-state index < -0.39 is 6.50 Å². The molecule has 7 heteroatoms. The van der Waals surface area contributed by atoms with Crippen LogP contribution < -0.4 is 10.6 Å². The van der Waals surface area contributed by atoms with Crippen LogP contribution in [0.2, 0.25) is 0 Å². The Morgan fingerprint density at radius 2 is 1.88 bits per heavy atom. The largest absolute Gasteiger partial charge is 0.381 e. The van der Waals surface area contributed by atoms with Crippen LogP contribution >= 0.6 is 0 Å². The highest BCUT2D eigenvalue weighted by molar-refractivity contribution is 6.00. The third kappa shape index (κ3) is 5.20. The predicted octanol–water partition coefficient (Wildman–Crippen LogP) is 3.44. The van der Waals surface area contributed by atoms with E-state index >= 15 is 0 Å². The standard InChI is InChI=1S/C26H35N5O2/c1-2-27-26(32)23-6-4-3-5-22(23)24-7-8-25(30-29-24)28-21-13-19-16-31(17-20(19)14-21)15-18-9-11-33-12-10-18/h3-8,18-21H,2,9-17H2,1H3,(H,27,32)(H,28,30)/t19-,20+,21?/i15D2. The van der Waals surface area contributed by atoms with Gasteiger partial charge in [-0.3, -0.25) is 4.79 Å². The first kappa shape index (κ1) is 19.9. The van der Waals surface area contributed by atoms with Gasteiger partial charge in [0.1, 0.15) is 5.82 Å². The van der Waals surface area contributed by atoms with E-state index in [4.69, 9.17) is 7.48 Å². The first-order valence-corrected chi connectivity index (χ1v) is 12.3. The summed E-state index contributed by atoms with van der Waals surface area (Å²) < 4.78 is 23.0. The van der Waals surface area contributed by atoms with Gasteiger partial charge in [-0.2, -0.15) is 0 Å². The van der Waals surface area contributed by atoms with Gasteiger partial charge in [-0.05, 0) is 68.6 Å². The highest BCUT2D eigenvalue weighted by atomic mass is 16.5. The van der Waals surface area contributed by atoms with Crippen molar-refractivity contribution in [3.8, 4) is 11.3 Å². The fraction of sp³-hybridized carbons (Fsp3) is 0.577. The molecule has 5 rings (SSSR count). The number of ether oxygens (including phenoxy) is 1. The second-order valence-electron chi connectivity index (χ2n) is 9.46. The molecule has 1 saturated carbocycles. The van der Waals surface area contributed by atoms with Gasteiger partial charge in [0.2, 0.25) is 0 Å². The first-order chi connectivity index (χ1) is 17.0. The third-order valence-corrected chi connectivity index (χ3v) is 7.14. The minimum absolute atomic E-state index is 0.0657. The monoisotopic (exact) mass is 451 g/mol. The normalized spacial score (nSPS) is 27.0. The van der Waals surface area contributed by atoms with Gasteiger partial charge in [0, 0.05) is 59.3 Å². The van der Waals surface area contributed by atoms with Gasteiger partial charge >= 0.3 is 0 Å². The topological polar surface area (TPSA) is 79.4 Å². The number of nitrogens with one attached hydrogen (secondary N) is 2. The lowest BCUT2D eigenvalue weighted by atomic mass is 10.00. The Hall–Kier alpha value is -2.51. The molecular weight excluding hydrogens is 414 g/mol. The van der Waals surface area contributed by atoms with E-state index in [0.717, 1.165) is 50.2 Å². The fourth-order valence-electron chi connectivity index (χ4n) is 5.53. The SMILES string of the molecule is [2H]C([2H])(C1CCOCC1)N1C[C@H]2CC(Nc3ccc(-c4ccccc4C(=O)NCC)nn3)C[C@H]2C1. The molecule has 0 spiro atoms. The van der Waals surface area contributed by atoms with Crippen molar-refractivity contribution >= 4 is 11.7 Å². The Morgan fingerprint density at radius 1 is 1.12 bits per heavy atom. The summed E-state index contributed by atoms with van der Waals surface area (Å²) in [5.74, 6) is 1.72. The zero-order valence-electron chi connectivity index (χ0n) is 21.3. The molecule has 1 aliphatic carbocycles. The quantitative estimate of drug-likeness (QED) is 0.671. The van der Waals surface area contributed by atoms with Crippen molar-refractivity contribution in [3.05, 3.63) is 42.0 Å². The minimum atomic E-state index is -1.25. The van der Waals surface area contributed by atoms with Gasteiger partial charge in [-0.25, -0.2) is 0 Å². The molecule has 3 heterocycles. The molecule has 3 atom stereocenters. The number of carbonyl (C=O) groups is 1. The molecule has 33 heavy (non-hydrogen) atoms. The van der Waals surface area contributed by atoms with Gasteiger partial charge < -0.3 is 20.3 Å². The molecule has 3 aliphatic rings. The molecule has 0 radical (unpaired) electrons. The van der Waals surface area contributed by atoms with Crippen molar-refractivity contribution in [3.63, 3.8) is 0 Å². The van der Waals surface area contributed by atoms with Crippen LogP contribution in [0, 0.1) is 17.8 Å². The number of amides is 1. The zero-order valence-corrected chi connectivity index (χ0v) is 19.3. The summed E-state index contributed by atoms with van der Waals surface area (Å²) in [4.78, 5) is 14.5. The number of fused-ring (bicyclic) bond motifs is 1. The lowest BCUT2D eigenvalue weighted by Gasteiger charge is -2.27. The molecule has 0 bridgehead atoms. The maximum absolute atomic E-state index is 12.4. The van der Waals surface area contributed by atoms with Crippen molar-refractivity contribution in [1.82, 2.24) is 20.4 Å². The summed E-state index contributed by atoms with van der Waals surface area (Å²) >= 11 is 0. The lowest BCUT2D eigenvalue weighted by molar-refractivity contribution is 0.0545. The van der Waals surface area contributed by atoms with E-state index in [1.54, 1.807) is 6.07 Å². The third-order valence-electron chi connectivity index (χ3n) is 7.14. The van der Waals surface area contributed by atoms with Crippen LogP contribution in [-0.2, 0) is 4.74 Å². The number of nitrogens with zero attached hydrogens (tertiary/aromatic N) is 3. The number of benzene rings is 1. The van der Waals surface area contributed by atoms with Crippen LogP contribution in [0.3, 0.4) is 0 Å². The number of aromatic nitrogens is 2. The fourth-order valence-corrected chi connectivity index (χ4v) is 5.53. The molecule has 2 aromatic rings. The predicted molar refractivity (Wildman–Crippen MR) is 129 cm³/mol. The molecule has 1 aromatic heterocycles. The van der Waals surface area contributed by atoms with Crippen molar-refractivity contribution in [1.29, 1.82) is 0 Å². The maximum atomic E-state index is 12.4. The van der Waals surface area contributed by atoms with Gasteiger partial charge in [0.25, 0.3) is 5.91 Å². The number of carbonyl (C=O) groups excluding carboxylic acids is 1. The molecule has 7 nitrogen and oxygen atoms in total. The van der Waals surface area contributed by atoms with E-state index in [1.165, 1.54) is 0 Å². The molecule has 1 aromatic carbocycles. The van der Waals surface area contributed by atoms with Gasteiger partial charge in [-0.15, -0.1) is 10.2 Å². The van der Waals surface area contributed by atoms with Crippen LogP contribution in [0.5, 0.6) is 0 Å². The van der Waals surface area contributed by atoms with Crippen LogP contribution in [0.25, 0.3) is 11.3 Å². The maximum Gasteiger partial charge on any atom is 0.251 e. The van der Waals surface area contributed by atoms with Gasteiger partial charge in [0.15, 0.2) is 0 Å². The van der Waals surface area contributed by atoms with Crippen molar-refractivity contribution < 1.29 is 12.3 Å². The minimum Gasteiger partial charge on any atom is -0.381 e. The average molecular weight is 452 g/mol. The molecule has 2 aliphatic heterocycles. The van der Waals surface area contributed by atoms with Crippen LogP contribution in [-0.4, -0.2) is 66.4 Å². The highest BCUT2D eigenvalue weighted by Gasteiger charge is 2.41. The summed E-state index contributed by atoms with van der Waals surface area (Å²) in [6, 6.07) is 11.6. The molecule has 1 amide bonds. The van der Waals surface area contributed by atoms with Crippen molar-refractivity contribution in [2.75, 3.05) is 44.7 Å². The Balaban J connectivity index is 1.18. The molecule has 176 valence electrons. The summed E-state index contributed by atoms with van der Waals surface area (Å²) in [5.41, 5.74) is 2.04. The number of rotatable bonds is 7. The second-order valence-corrected chi connectivity index (χ2v) is 9.46. The number of anilines is 1. The van der Waals surface area contributed by atoms with E-state index in [-0.39, 0.29) is 11.8 Å². The van der Waals surface area contributed by atoms with Crippen molar-refractivity contribution in [2.45, 2.75) is 38.6 Å². The smallest absolute Gasteiger partial charge is 0.251 e. The van der Waals surface area contributed by atoms with E-state index in [2.05, 4.69) is 25.7 Å². The summed E-state index contributed by atoms with van der Waals surface area (Å²) in [5, 5.41) is 15.2. The molecule has 2 N–H and O–H groups in total. The average Bonchev–Trinajstić information content (AvgIpc) is 3.45.